The van der Waals surface area contributed by atoms with Crippen LogP contribution in [0.5, 0.6) is 0 Å². The first-order valence-corrected chi connectivity index (χ1v) is 7.86. The summed E-state index contributed by atoms with van der Waals surface area (Å²) in [7, 11) is 1.69. The summed E-state index contributed by atoms with van der Waals surface area (Å²) in [5, 5.41) is 10.5. The van der Waals surface area contributed by atoms with E-state index < -0.39 is 0 Å². The summed E-state index contributed by atoms with van der Waals surface area (Å²) in [5.41, 5.74) is 2.41. The Hall–Kier alpha value is -0.940. The molecule has 1 heterocycles. The normalized spacial score (nSPS) is 29.0. The third-order valence-electron chi connectivity index (χ3n) is 4.74. The third-order valence-corrected chi connectivity index (χ3v) is 4.74. The molecule has 2 aliphatic rings. The molecule has 1 saturated heterocycles. The minimum absolute atomic E-state index is 0.242. The van der Waals surface area contributed by atoms with E-state index >= 15 is 0 Å². The molecule has 3 rings (SSSR count). The smallest absolute Gasteiger partial charge is 0.0951 e. The van der Waals surface area contributed by atoms with Crippen molar-refractivity contribution >= 4 is 0 Å². The lowest BCUT2D eigenvalue weighted by Gasteiger charge is -2.27. The van der Waals surface area contributed by atoms with Gasteiger partial charge in [-0.1, -0.05) is 24.3 Å². The van der Waals surface area contributed by atoms with Gasteiger partial charge in [0.25, 0.3) is 0 Å². The number of nitrogens with zero attached hydrogens (tertiary/aromatic N) is 1. The zero-order chi connectivity index (χ0) is 14.7. The van der Waals surface area contributed by atoms with Gasteiger partial charge in [-0.2, -0.15) is 0 Å². The Bertz CT molecular complexity index is 465. The lowest BCUT2D eigenvalue weighted by Crippen LogP contribution is -2.36. The molecule has 21 heavy (non-hydrogen) atoms. The Morgan fingerprint density at radius 2 is 2.14 bits per heavy atom. The summed E-state index contributed by atoms with van der Waals surface area (Å²) in [6.07, 6.45) is 1.79. The summed E-state index contributed by atoms with van der Waals surface area (Å²) in [6.45, 7) is 4.23. The van der Waals surface area contributed by atoms with Crippen molar-refractivity contribution in [2.75, 3.05) is 40.0 Å². The lowest BCUT2D eigenvalue weighted by atomic mass is 10.1. The number of likely N-dealkylation sites (tertiary alicyclic amines) is 1. The molecular formula is C17H25NO3. The second-order valence-electron chi connectivity index (χ2n) is 6.13. The van der Waals surface area contributed by atoms with Crippen molar-refractivity contribution in [3.05, 3.63) is 35.4 Å². The number of fused-ring (bicyclic) bond motifs is 1. The van der Waals surface area contributed by atoms with Crippen LogP contribution >= 0.6 is 0 Å². The van der Waals surface area contributed by atoms with E-state index in [0.717, 1.165) is 38.1 Å². The van der Waals surface area contributed by atoms with Crippen molar-refractivity contribution in [2.45, 2.75) is 25.0 Å². The fourth-order valence-corrected chi connectivity index (χ4v) is 3.57. The number of benzene rings is 1. The number of hydrogen-bond donors (Lipinski definition) is 1. The predicted molar refractivity (Wildman–Crippen MR) is 81.3 cm³/mol. The van der Waals surface area contributed by atoms with Crippen molar-refractivity contribution < 1.29 is 14.6 Å². The average molecular weight is 291 g/mol. The maximum Gasteiger partial charge on any atom is 0.0951 e. The molecule has 3 atom stereocenters. The topological polar surface area (TPSA) is 41.9 Å². The van der Waals surface area contributed by atoms with E-state index in [2.05, 4.69) is 23.1 Å². The molecule has 0 spiro atoms. The molecule has 1 fully saturated rings. The van der Waals surface area contributed by atoms with Gasteiger partial charge in [-0.25, -0.2) is 0 Å². The summed E-state index contributed by atoms with van der Waals surface area (Å²) in [6, 6.07) is 8.51. The van der Waals surface area contributed by atoms with E-state index in [1.807, 2.05) is 6.07 Å². The van der Waals surface area contributed by atoms with Gasteiger partial charge in [-0.3, -0.25) is 4.90 Å². The van der Waals surface area contributed by atoms with Crippen LogP contribution in [-0.2, 0) is 15.9 Å². The molecule has 1 aliphatic heterocycles. The van der Waals surface area contributed by atoms with Gasteiger partial charge in [0.15, 0.2) is 0 Å². The molecule has 1 N–H and O–H groups in total. The number of ether oxygens (including phenoxy) is 2. The highest BCUT2D eigenvalue weighted by molar-refractivity contribution is 5.36. The van der Waals surface area contributed by atoms with Gasteiger partial charge in [-0.15, -0.1) is 0 Å². The van der Waals surface area contributed by atoms with Gasteiger partial charge in [0.2, 0.25) is 0 Å². The Labute approximate surface area is 126 Å². The largest absolute Gasteiger partial charge is 0.387 e. The molecule has 1 aromatic rings. The van der Waals surface area contributed by atoms with Crippen molar-refractivity contribution in [3.8, 4) is 0 Å². The van der Waals surface area contributed by atoms with Crippen molar-refractivity contribution in [3.63, 3.8) is 0 Å². The molecule has 4 heteroatoms. The van der Waals surface area contributed by atoms with Crippen LogP contribution in [-0.4, -0.2) is 56.1 Å². The van der Waals surface area contributed by atoms with E-state index in [1.165, 1.54) is 5.56 Å². The van der Waals surface area contributed by atoms with Crippen LogP contribution in [0.15, 0.2) is 24.3 Å². The molecule has 116 valence electrons. The van der Waals surface area contributed by atoms with Crippen LogP contribution in [0.4, 0.5) is 0 Å². The minimum atomic E-state index is -0.339. The molecule has 0 bridgehead atoms. The van der Waals surface area contributed by atoms with E-state index in [0.29, 0.717) is 19.1 Å². The molecule has 3 unspecified atom stereocenters. The van der Waals surface area contributed by atoms with Gasteiger partial charge < -0.3 is 14.6 Å². The van der Waals surface area contributed by atoms with Gasteiger partial charge in [-0.05, 0) is 36.4 Å². The Kier molecular flexibility index (Phi) is 4.91. The zero-order valence-electron chi connectivity index (χ0n) is 12.7. The summed E-state index contributed by atoms with van der Waals surface area (Å²) < 4.78 is 10.6. The Balaban J connectivity index is 1.51. The number of methoxy groups -OCH3 is 1. The molecule has 0 amide bonds. The zero-order valence-corrected chi connectivity index (χ0v) is 12.7. The van der Waals surface area contributed by atoms with Gasteiger partial charge in [0.05, 0.1) is 25.9 Å². The Morgan fingerprint density at radius 3 is 2.95 bits per heavy atom. The van der Waals surface area contributed by atoms with Gasteiger partial charge in [0.1, 0.15) is 0 Å². The minimum Gasteiger partial charge on any atom is -0.387 e. The average Bonchev–Trinajstić information content (AvgIpc) is 3.09. The van der Waals surface area contributed by atoms with Crippen LogP contribution < -0.4 is 0 Å². The van der Waals surface area contributed by atoms with E-state index in [1.54, 1.807) is 7.11 Å². The third kappa shape index (κ3) is 3.29. The van der Waals surface area contributed by atoms with Crippen LogP contribution in [0, 0.1) is 5.92 Å². The number of rotatable bonds is 6. The number of hydrogen-bond acceptors (Lipinski definition) is 4. The maximum absolute atomic E-state index is 10.5. The standard InChI is InChI=1S/C17H25NO3/c1-20-8-9-21-12-13-6-7-18(11-13)16-10-14-4-2-3-5-15(14)17(16)19/h2-5,13,16-17,19H,6-12H2,1H3. The summed E-state index contributed by atoms with van der Waals surface area (Å²) >= 11 is 0. The number of aliphatic hydroxyl groups is 1. The predicted octanol–water partition coefficient (Wildman–Crippen LogP) is 1.63. The molecule has 4 nitrogen and oxygen atoms in total. The maximum atomic E-state index is 10.5. The molecule has 1 aliphatic carbocycles. The second kappa shape index (κ2) is 6.88. The first-order valence-electron chi connectivity index (χ1n) is 7.86. The fourth-order valence-electron chi connectivity index (χ4n) is 3.57. The van der Waals surface area contributed by atoms with Crippen molar-refractivity contribution in [2.24, 2.45) is 5.92 Å². The highest BCUT2D eigenvalue weighted by Gasteiger charge is 2.37. The molecule has 1 aromatic carbocycles. The first kappa shape index (κ1) is 15.0. The van der Waals surface area contributed by atoms with Crippen LogP contribution in [0.25, 0.3) is 0 Å². The monoisotopic (exact) mass is 291 g/mol. The van der Waals surface area contributed by atoms with Crippen LogP contribution in [0.2, 0.25) is 0 Å². The molecule has 0 radical (unpaired) electrons. The number of aliphatic hydroxyl groups excluding tert-OH is 1. The van der Waals surface area contributed by atoms with Crippen LogP contribution in [0.3, 0.4) is 0 Å². The van der Waals surface area contributed by atoms with E-state index in [4.69, 9.17) is 9.47 Å². The van der Waals surface area contributed by atoms with E-state index in [-0.39, 0.29) is 12.1 Å². The van der Waals surface area contributed by atoms with E-state index in [9.17, 15) is 5.11 Å². The van der Waals surface area contributed by atoms with Crippen LogP contribution in [0.1, 0.15) is 23.7 Å². The van der Waals surface area contributed by atoms with Gasteiger partial charge >= 0.3 is 0 Å². The summed E-state index contributed by atoms with van der Waals surface area (Å²) in [5.74, 6) is 0.581. The van der Waals surface area contributed by atoms with Crippen molar-refractivity contribution in [1.82, 2.24) is 4.90 Å². The second-order valence-corrected chi connectivity index (χ2v) is 6.13. The quantitative estimate of drug-likeness (QED) is 0.809. The van der Waals surface area contributed by atoms with Crippen molar-refractivity contribution in [1.29, 1.82) is 0 Å². The molecule has 0 saturated carbocycles. The summed E-state index contributed by atoms with van der Waals surface area (Å²) in [4.78, 5) is 2.44. The Morgan fingerprint density at radius 1 is 1.29 bits per heavy atom. The highest BCUT2D eigenvalue weighted by atomic mass is 16.5. The lowest BCUT2D eigenvalue weighted by molar-refractivity contribution is 0.0446. The van der Waals surface area contributed by atoms with Gasteiger partial charge in [0, 0.05) is 19.7 Å². The molecular weight excluding hydrogens is 266 g/mol. The fraction of sp³-hybridized carbons (Fsp3) is 0.647. The molecule has 0 aromatic heterocycles. The first-order chi connectivity index (χ1) is 10.3. The SMILES string of the molecule is COCCOCC1CCN(C2Cc3ccccc3C2O)C1. The highest BCUT2D eigenvalue weighted by Crippen LogP contribution is 2.36.